The molecule has 1 aliphatic heterocycles. The minimum absolute atomic E-state index is 0.236. The molecule has 2 aromatic carbocycles. The zero-order chi connectivity index (χ0) is 22.0. The lowest BCUT2D eigenvalue weighted by molar-refractivity contribution is -0.133. The maximum atomic E-state index is 12.7. The molecule has 1 aromatic heterocycles. The molecule has 0 radical (unpaired) electrons. The van der Waals surface area contributed by atoms with Gasteiger partial charge in [-0.15, -0.1) is 0 Å². The first kappa shape index (κ1) is 21.4. The Labute approximate surface area is 184 Å². The lowest BCUT2D eigenvalue weighted by atomic mass is 10.0. The molecule has 8 nitrogen and oxygen atoms in total. The van der Waals surface area contributed by atoms with E-state index in [-0.39, 0.29) is 11.9 Å². The fraction of sp³-hybridized carbons (Fsp3) is 0.318. The van der Waals surface area contributed by atoms with Crippen molar-refractivity contribution in [3.05, 3.63) is 59.7 Å². The number of fused-ring (bicyclic) bond motifs is 1. The van der Waals surface area contributed by atoms with E-state index in [2.05, 4.69) is 20.9 Å². The topological polar surface area (TPSA) is 99.5 Å². The highest BCUT2D eigenvalue weighted by Crippen LogP contribution is 2.24. The molecular weight excluding hydrogens is 414 g/mol. The molecule has 3 N–H and O–H groups in total. The van der Waals surface area contributed by atoms with Crippen LogP contribution < -0.4 is 10.8 Å². The summed E-state index contributed by atoms with van der Waals surface area (Å²) in [6.07, 6.45) is 2.01. The van der Waals surface area contributed by atoms with Gasteiger partial charge in [0.2, 0.25) is 5.91 Å². The minimum Gasteiger partial charge on any atom is -0.347 e. The lowest BCUT2D eigenvalue weighted by Gasteiger charge is -2.18. The Morgan fingerprint density at radius 1 is 1.16 bits per heavy atom. The van der Waals surface area contributed by atoms with Gasteiger partial charge in [0.25, 0.3) is 5.91 Å². The van der Waals surface area contributed by atoms with Crippen molar-refractivity contribution in [2.45, 2.75) is 17.7 Å². The van der Waals surface area contributed by atoms with Crippen molar-refractivity contribution < 1.29 is 14.8 Å². The quantitative estimate of drug-likeness (QED) is 0.309. The zero-order valence-corrected chi connectivity index (χ0v) is 18.2. The van der Waals surface area contributed by atoms with Crippen LogP contribution in [0.4, 0.5) is 0 Å². The van der Waals surface area contributed by atoms with Gasteiger partial charge in [-0.2, -0.15) is 0 Å². The monoisotopic (exact) mass is 439 g/mol. The summed E-state index contributed by atoms with van der Waals surface area (Å²) in [5, 5.41) is 12.8. The first-order valence-electron chi connectivity index (χ1n) is 10.0. The number of likely N-dealkylation sites (N-methyl/N-ethyl adjacent to an activating group) is 1. The van der Waals surface area contributed by atoms with Crippen LogP contribution in [0, 0.1) is 5.92 Å². The van der Waals surface area contributed by atoms with Gasteiger partial charge in [0, 0.05) is 18.7 Å². The number of benzene rings is 2. The SMILES string of the molecule is CSc1nc2ccccc2n1Cc1ccc(C(=O)N[C@@H]2CN(C)C[C@@H]2C(=O)NO)cc1. The van der Waals surface area contributed by atoms with Crippen molar-refractivity contribution in [2.75, 3.05) is 26.4 Å². The fourth-order valence-corrected chi connectivity index (χ4v) is 4.63. The Hall–Kier alpha value is -2.88. The Kier molecular flexibility index (Phi) is 6.26. The second-order valence-corrected chi connectivity index (χ2v) is 8.53. The number of para-hydroxylation sites is 2. The highest BCUT2D eigenvalue weighted by molar-refractivity contribution is 7.98. The molecule has 0 aliphatic carbocycles. The van der Waals surface area contributed by atoms with Crippen molar-refractivity contribution >= 4 is 34.6 Å². The summed E-state index contributed by atoms with van der Waals surface area (Å²) < 4.78 is 2.17. The van der Waals surface area contributed by atoms with Gasteiger partial charge in [0.15, 0.2) is 5.16 Å². The standard InChI is InChI=1S/C22H25N5O3S/c1-26-12-16(21(29)25-30)18(13-26)23-20(28)15-9-7-14(8-10-15)11-27-19-6-4-3-5-17(19)24-22(27)31-2/h3-10,16,18,30H,11-13H2,1-2H3,(H,23,28)(H,25,29)/t16-,18+/m0/s1. The number of carbonyl (C=O) groups excluding carboxylic acids is 2. The van der Waals surface area contributed by atoms with Crippen LogP contribution in [0.1, 0.15) is 15.9 Å². The highest BCUT2D eigenvalue weighted by atomic mass is 32.2. The van der Waals surface area contributed by atoms with E-state index >= 15 is 0 Å². The molecule has 1 aliphatic rings. The number of imidazole rings is 1. The van der Waals surface area contributed by atoms with Gasteiger partial charge in [-0.05, 0) is 43.1 Å². The minimum atomic E-state index is -0.488. The van der Waals surface area contributed by atoms with Gasteiger partial charge >= 0.3 is 0 Å². The molecule has 31 heavy (non-hydrogen) atoms. The maximum Gasteiger partial charge on any atom is 0.251 e. The average molecular weight is 440 g/mol. The van der Waals surface area contributed by atoms with E-state index in [9.17, 15) is 9.59 Å². The van der Waals surface area contributed by atoms with Gasteiger partial charge in [-0.3, -0.25) is 14.8 Å². The van der Waals surface area contributed by atoms with Crippen molar-refractivity contribution in [1.82, 2.24) is 25.2 Å². The summed E-state index contributed by atoms with van der Waals surface area (Å²) in [7, 11) is 1.88. The molecule has 0 spiro atoms. The van der Waals surface area contributed by atoms with Crippen LogP contribution in [0.3, 0.4) is 0 Å². The normalized spacial score (nSPS) is 18.9. The van der Waals surface area contributed by atoms with Gasteiger partial charge < -0.3 is 14.8 Å². The molecule has 3 aromatic rings. The molecule has 9 heteroatoms. The van der Waals surface area contributed by atoms with E-state index in [0.29, 0.717) is 25.2 Å². The number of hydrogen-bond donors (Lipinski definition) is 3. The first-order valence-corrected chi connectivity index (χ1v) is 11.2. The number of nitrogens with one attached hydrogen (secondary N) is 2. The van der Waals surface area contributed by atoms with Gasteiger partial charge in [0.1, 0.15) is 0 Å². The van der Waals surface area contributed by atoms with E-state index < -0.39 is 11.8 Å². The third kappa shape index (κ3) is 4.43. The van der Waals surface area contributed by atoms with Gasteiger partial charge in [-0.1, -0.05) is 36.0 Å². The van der Waals surface area contributed by atoms with Crippen LogP contribution in [-0.2, 0) is 11.3 Å². The third-order valence-electron chi connectivity index (χ3n) is 5.62. The van der Waals surface area contributed by atoms with E-state index in [1.165, 1.54) is 0 Å². The van der Waals surface area contributed by atoms with E-state index in [1.807, 2.05) is 48.5 Å². The number of nitrogens with zero attached hydrogens (tertiary/aromatic N) is 3. The lowest BCUT2D eigenvalue weighted by Crippen LogP contribution is -2.45. The van der Waals surface area contributed by atoms with Gasteiger partial charge in [-0.25, -0.2) is 10.5 Å². The summed E-state index contributed by atoms with van der Waals surface area (Å²) in [4.78, 5) is 31.2. The van der Waals surface area contributed by atoms with Crippen LogP contribution >= 0.6 is 11.8 Å². The Morgan fingerprint density at radius 3 is 2.61 bits per heavy atom. The summed E-state index contributed by atoms with van der Waals surface area (Å²) in [6.45, 7) is 1.69. The van der Waals surface area contributed by atoms with Crippen LogP contribution in [0.2, 0.25) is 0 Å². The first-order chi connectivity index (χ1) is 15.0. The summed E-state index contributed by atoms with van der Waals surface area (Å²) in [6, 6.07) is 15.1. The summed E-state index contributed by atoms with van der Waals surface area (Å²) in [5.74, 6) is -1.21. The maximum absolute atomic E-state index is 12.7. The molecule has 1 fully saturated rings. The highest BCUT2D eigenvalue weighted by Gasteiger charge is 2.37. The number of thioether (sulfide) groups is 1. The number of hydrogen-bond acceptors (Lipinski definition) is 6. The molecule has 4 rings (SSSR count). The number of rotatable bonds is 6. The molecule has 2 heterocycles. The smallest absolute Gasteiger partial charge is 0.251 e. The van der Waals surface area contributed by atoms with Crippen LogP contribution in [0.15, 0.2) is 53.7 Å². The van der Waals surface area contributed by atoms with Crippen molar-refractivity contribution in [3.8, 4) is 0 Å². The van der Waals surface area contributed by atoms with Crippen LogP contribution in [0.5, 0.6) is 0 Å². The van der Waals surface area contributed by atoms with E-state index in [4.69, 9.17) is 5.21 Å². The number of likely N-dealkylation sites (tertiary alicyclic amines) is 1. The second-order valence-electron chi connectivity index (χ2n) is 7.75. The Morgan fingerprint density at radius 2 is 1.90 bits per heavy atom. The number of aromatic nitrogens is 2. The molecule has 0 unspecified atom stereocenters. The summed E-state index contributed by atoms with van der Waals surface area (Å²) >= 11 is 1.60. The predicted molar refractivity (Wildman–Crippen MR) is 119 cm³/mol. The molecule has 0 saturated carbocycles. The zero-order valence-electron chi connectivity index (χ0n) is 17.4. The number of amides is 2. The van der Waals surface area contributed by atoms with E-state index in [1.54, 1.807) is 29.4 Å². The third-order valence-corrected chi connectivity index (χ3v) is 6.30. The fourth-order valence-electron chi connectivity index (χ4n) is 4.05. The average Bonchev–Trinajstić information content (AvgIpc) is 3.33. The molecule has 0 bridgehead atoms. The molecule has 1 saturated heterocycles. The molecule has 2 amide bonds. The van der Waals surface area contributed by atoms with Crippen molar-refractivity contribution in [1.29, 1.82) is 0 Å². The Bertz CT molecular complexity index is 1100. The molecule has 162 valence electrons. The number of hydroxylamine groups is 1. The number of carbonyl (C=O) groups is 2. The van der Waals surface area contributed by atoms with Crippen LogP contribution in [0.25, 0.3) is 11.0 Å². The van der Waals surface area contributed by atoms with Crippen molar-refractivity contribution in [3.63, 3.8) is 0 Å². The molecular formula is C22H25N5O3S. The molecule has 2 atom stereocenters. The summed E-state index contributed by atoms with van der Waals surface area (Å²) in [5.41, 5.74) is 5.33. The Balaban J connectivity index is 1.47. The van der Waals surface area contributed by atoms with Gasteiger partial charge in [0.05, 0.1) is 29.5 Å². The van der Waals surface area contributed by atoms with Crippen LogP contribution in [-0.4, -0.2) is 63.9 Å². The van der Waals surface area contributed by atoms with Crippen molar-refractivity contribution in [2.24, 2.45) is 5.92 Å². The van der Waals surface area contributed by atoms with E-state index in [0.717, 1.165) is 21.8 Å². The predicted octanol–water partition coefficient (Wildman–Crippen LogP) is 1.97. The second kappa shape index (κ2) is 9.09. The largest absolute Gasteiger partial charge is 0.347 e.